The molecular weight excluding hydrogens is 190 g/mol. The molecule has 1 fully saturated rings. The second-order valence-electron chi connectivity index (χ2n) is 4.06. The summed E-state index contributed by atoms with van der Waals surface area (Å²) >= 11 is 0. The third-order valence-electron chi connectivity index (χ3n) is 3.08. The van der Waals surface area contributed by atoms with Crippen molar-refractivity contribution in [3.63, 3.8) is 0 Å². The van der Waals surface area contributed by atoms with Crippen molar-refractivity contribution < 1.29 is 9.53 Å². The highest BCUT2D eigenvalue weighted by Gasteiger charge is 2.35. The Labute approximate surface area is 89.2 Å². The van der Waals surface area contributed by atoms with Crippen molar-refractivity contribution in [2.75, 3.05) is 12.8 Å². The lowest BCUT2D eigenvalue weighted by Crippen LogP contribution is -2.29. The van der Waals surface area contributed by atoms with Crippen LogP contribution >= 0.6 is 0 Å². The summed E-state index contributed by atoms with van der Waals surface area (Å²) < 4.78 is 4.70. The number of nitrogens with two attached hydrogens (primary N) is 1. The Morgan fingerprint density at radius 1 is 1.33 bits per heavy atom. The van der Waals surface area contributed by atoms with Gasteiger partial charge in [0.1, 0.15) is 0 Å². The second-order valence-corrected chi connectivity index (χ2v) is 4.06. The highest BCUT2D eigenvalue weighted by atomic mass is 16.5. The van der Waals surface area contributed by atoms with Crippen molar-refractivity contribution in [1.29, 1.82) is 0 Å². The van der Waals surface area contributed by atoms with Crippen molar-refractivity contribution in [3.8, 4) is 0 Å². The SMILES string of the molecule is COC(=O)C1CC(c2ccc(N)cc2)C1. The first-order valence-corrected chi connectivity index (χ1v) is 5.14. The Hall–Kier alpha value is -1.51. The van der Waals surface area contributed by atoms with Crippen molar-refractivity contribution in [2.24, 2.45) is 5.92 Å². The summed E-state index contributed by atoms with van der Waals surface area (Å²) in [6, 6.07) is 7.88. The molecule has 0 atom stereocenters. The molecule has 1 aliphatic rings. The van der Waals surface area contributed by atoms with Crippen LogP contribution in [0.3, 0.4) is 0 Å². The Kier molecular flexibility index (Phi) is 2.62. The standard InChI is InChI=1S/C12H15NO2/c1-15-12(14)10-6-9(7-10)8-2-4-11(13)5-3-8/h2-5,9-10H,6-7,13H2,1H3. The van der Waals surface area contributed by atoms with E-state index >= 15 is 0 Å². The maximum absolute atomic E-state index is 11.2. The van der Waals surface area contributed by atoms with Crippen LogP contribution in [0.25, 0.3) is 0 Å². The molecule has 0 unspecified atom stereocenters. The zero-order valence-corrected chi connectivity index (χ0v) is 8.77. The quantitative estimate of drug-likeness (QED) is 0.593. The minimum absolute atomic E-state index is 0.0818. The predicted octanol–water partition coefficient (Wildman–Crippen LogP) is 1.94. The molecule has 0 amide bonds. The topological polar surface area (TPSA) is 52.3 Å². The zero-order chi connectivity index (χ0) is 10.8. The molecule has 0 aliphatic heterocycles. The van der Waals surface area contributed by atoms with Gasteiger partial charge in [0.15, 0.2) is 0 Å². The Bertz CT molecular complexity index is 352. The first-order valence-electron chi connectivity index (χ1n) is 5.14. The lowest BCUT2D eigenvalue weighted by Gasteiger charge is -2.33. The van der Waals surface area contributed by atoms with Gasteiger partial charge in [-0.2, -0.15) is 0 Å². The van der Waals surface area contributed by atoms with Crippen molar-refractivity contribution in [2.45, 2.75) is 18.8 Å². The van der Waals surface area contributed by atoms with Crippen LogP contribution in [0.5, 0.6) is 0 Å². The number of nitrogen functional groups attached to an aromatic ring is 1. The van der Waals surface area contributed by atoms with E-state index in [1.807, 2.05) is 24.3 Å². The maximum Gasteiger partial charge on any atom is 0.308 e. The Morgan fingerprint density at radius 2 is 1.93 bits per heavy atom. The van der Waals surface area contributed by atoms with Gasteiger partial charge in [0.05, 0.1) is 13.0 Å². The molecule has 2 rings (SSSR count). The molecule has 0 spiro atoms. The molecule has 0 heterocycles. The molecule has 0 saturated heterocycles. The molecule has 0 radical (unpaired) electrons. The van der Waals surface area contributed by atoms with Crippen LogP contribution in [0.2, 0.25) is 0 Å². The van der Waals surface area contributed by atoms with Gasteiger partial charge in [-0.3, -0.25) is 4.79 Å². The summed E-state index contributed by atoms with van der Waals surface area (Å²) in [6.45, 7) is 0. The number of hydrogen-bond acceptors (Lipinski definition) is 3. The minimum Gasteiger partial charge on any atom is -0.469 e. The third-order valence-corrected chi connectivity index (χ3v) is 3.08. The van der Waals surface area contributed by atoms with Gasteiger partial charge in [-0.25, -0.2) is 0 Å². The predicted molar refractivity (Wildman–Crippen MR) is 58.3 cm³/mol. The molecule has 1 saturated carbocycles. The number of ether oxygens (including phenoxy) is 1. The van der Waals surface area contributed by atoms with Crippen molar-refractivity contribution in [3.05, 3.63) is 29.8 Å². The lowest BCUT2D eigenvalue weighted by molar-refractivity contribution is -0.148. The molecular formula is C12H15NO2. The fourth-order valence-electron chi connectivity index (χ4n) is 2.02. The van der Waals surface area contributed by atoms with Crippen LogP contribution in [-0.4, -0.2) is 13.1 Å². The van der Waals surface area contributed by atoms with Gasteiger partial charge in [0, 0.05) is 5.69 Å². The second kappa shape index (κ2) is 3.93. The highest BCUT2D eigenvalue weighted by Crippen LogP contribution is 2.42. The fourth-order valence-corrected chi connectivity index (χ4v) is 2.02. The van der Waals surface area contributed by atoms with E-state index in [0.717, 1.165) is 18.5 Å². The molecule has 2 N–H and O–H groups in total. The number of esters is 1. The van der Waals surface area contributed by atoms with Crippen LogP contribution in [0, 0.1) is 5.92 Å². The molecule has 15 heavy (non-hydrogen) atoms. The normalized spacial score (nSPS) is 24.3. The van der Waals surface area contributed by atoms with Crippen LogP contribution in [0.4, 0.5) is 5.69 Å². The first kappa shape index (κ1) is 10.0. The van der Waals surface area contributed by atoms with Crippen LogP contribution in [-0.2, 0) is 9.53 Å². The molecule has 0 aromatic heterocycles. The van der Waals surface area contributed by atoms with Crippen LogP contribution < -0.4 is 5.73 Å². The molecule has 3 nitrogen and oxygen atoms in total. The van der Waals surface area contributed by atoms with Gasteiger partial charge in [-0.15, -0.1) is 0 Å². The number of carbonyl (C=O) groups excluding carboxylic acids is 1. The highest BCUT2D eigenvalue weighted by molar-refractivity contribution is 5.73. The number of anilines is 1. The van der Waals surface area contributed by atoms with Gasteiger partial charge in [0.2, 0.25) is 0 Å². The Morgan fingerprint density at radius 3 is 2.47 bits per heavy atom. The van der Waals surface area contributed by atoms with Gasteiger partial charge >= 0.3 is 5.97 Å². The van der Waals surface area contributed by atoms with E-state index in [2.05, 4.69) is 0 Å². The summed E-state index contributed by atoms with van der Waals surface area (Å²) in [5.41, 5.74) is 7.66. The van der Waals surface area contributed by atoms with Gasteiger partial charge in [-0.1, -0.05) is 12.1 Å². The molecule has 0 bridgehead atoms. The molecule has 1 aromatic carbocycles. The molecule has 1 aliphatic carbocycles. The minimum atomic E-state index is -0.0818. The van der Waals surface area contributed by atoms with E-state index in [9.17, 15) is 4.79 Å². The monoisotopic (exact) mass is 205 g/mol. The van der Waals surface area contributed by atoms with E-state index in [1.165, 1.54) is 12.7 Å². The Balaban J connectivity index is 1.94. The number of hydrogen-bond donors (Lipinski definition) is 1. The van der Waals surface area contributed by atoms with Gasteiger partial charge in [0.25, 0.3) is 0 Å². The average Bonchev–Trinajstić information content (AvgIpc) is 2.18. The van der Waals surface area contributed by atoms with Gasteiger partial charge < -0.3 is 10.5 Å². The van der Waals surface area contributed by atoms with E-state index in [0.29, 0.717) is 5.92 Å². The van der Waals surface area contributed by atoms with Crippen molar-refractivity contribution in [1.82, 2.24) is 0 Å². The van der Waals surface area contributed by atoms with E-state index < -0.39 is 0 Å². The summed E-state index contributed by atoms with van der Waals surface area (Å²) in [4.78, 5) is 11.2. The van der Waals surface area contributed by atoms with Crippen LogP contribution in [0.15, 0.2) is 24.3 Å². The van der Waals surface area contributed by atoms with Gasteiger partial charge in [-0.05, 0) is 36.5 Å². The zero-order valence-electron chi connectivity index (χ0n) is 8.77. The fraction of sp³-hybridized carbons (Fsp3) is 0.417. The number of methoxy groups -OCH3 is 1. The summed E-state index contributed by atoms with van der Waals surface area (Å²) in [5.74, 6) is 0.508. The lowest BCUT2D eigenvalue weighted by atomic mass is 9.71. The van der Waals surface area contributed by atoms with E-state index in [1.54, 1.807) is 0 Å². The molecule has 3 heteroatoms. The third kappa shape index (κ3) is 1.96. The first-order chi connectivity index (χ1) is 7.20. The number of rotatable bonds is 2. The van der Waals surface area contributed by atoms with Crippen molar-refractivity contribution >= 4 is 11.7 Å². The summed E-state index contributed by atoms with van der Waals surface area (Å²) in [6.07, 6.45) is 1.80. The average molecular weight is 205 g/mol. The largest absolute Gasteiger partial charge is 0.469 e. The smallest absolute Gasteiger partial charge is 0.308 e. The number of benzene rings is 1. The summed E-state index contributed by atoms with van der Waals surface area (Å²) in [5, 5.41) is 0. The maximum atomic E-state index is 11.2. The van der Waals surface area contributed by atoms with E-state index in [4.69, 9.17) is 10.5 Å². The molecule has 1 aromatic rings. The number of carbonyl (C=O) groups is 1. The summed E-state index contributed by atoms with van der Waals surface area (Å²) in [7, 11) is 1.44. The molecule has 80 valence electrons. The van der Waals surface area contributed by atoms with E-state index in [-0.39, 0.29) is 11.9 Å². The van der Waals surface area contributed by atoms with Crippen LogP contribution in [0.1, 0.15) is 24.3 Å².